The lowest BCUT2D eigenvalue weighted by Gasteiger charge is -2.05. The van der Waals surface area contributed by atoms with E-state index >= 15 is 0 Å². The Balaban J connectivity index is 2.75. The van der Waals surface area contributed by atoms with Crippen molar-refractivity contribution in [3.8, 4) is 5.75 Å². The second kappa shape index (κ2) is 4.13. The lowest BCUT2D eigenvalue weighted by molar-refractivity contribution is 0.0664. The molecule has 0 amide bonds. The zero-order valence-electron chi connectivity index (χ0n) is 10.0. The number of fused-ring (bicyclic) bond motifs is 1. The summed E-state index contributed by atoms with van der Waals surface area (Å²) in [5.74, 6) is -0.322. The molecule has 0 saturated carbocycles. The normalized spacial score (nSPS) is 10.8. The molecule has 1 aromatic heterocycles. The van der Waals surface area contributed by atoms with E-state index in [1.54, 1.807) is 20.1 Å². The van der Waals surface area contributed by atoms with Gasteiger partial charge in [-0.15, -0.1) is 0 Å². The SMILES string of the molecule is CCc1cc2c(C)c(C(=O)O)oc2cc1OC. The Labute approximate surface area is 98.8 Å². The average Bonchev–Trinajstić information content (AvgIpc) is 2.64. The highest BCUT2D eigenvalue weighted by Crippen LogP contribution is 2.31. The van der Waals surface area contributed by atoms with Gasteiger partial charge in [0.15, 0.2) is 0 Å². The van der Waals surface area contributed by atoms with Crippen molar-refractivity contribution in [3.05, 3.63) is 29.0 Å². The first kappa shape index (κ1) is 11.5. The number of ether oxygens (including phenoxy) is 1. The van der Waals surface area contributed by atoms with Gasteiger partial charge in [-0.1, -0.05) is 6.92 Å². The molecule has 2 aromatic rings. The summed E-state index contributed by atoms with van der Waals surface area (Å²) in [4.78, 5) is 11.0. The molecule has 0 spiro atoms. The summed E-state index contributed by atoms with van der Waals surface area (Å²) >= 11 is 0. The third-order valence-corrected chi connectivity index (χ3v) is 2.91. The summed E-state index contributed by atoms with van der Waals surface area (Å²) in [6.07, 6.45) is 0.826. The van der Waals surface area contributed by atoms with Gasteiger partial charge in [-0.05, 0) is 25.0 Å². The molecule has 0 saturated heterocycles. The van der Waals surface area contributed by atoms with Gasteiger partial charge in [0.1, 0.15) is 11.3 Å². The van der Waals surface area contributed by atoms with Crippen molar-refractivity contribution in [1.29, 1.82) is 0 Å². The highest BCUT2D eigenvalue weighted by atomic mass is 16.5. The van der Waals surface area contributed by atoms with Gasteiger partial charge in [0.05, 0.1) is 7.11 Å². The van der Waals surface area contributed by atoms with E-state index in [9.17, 15) is 4.79 Å². The van der Waals surface area contributed by atoms with Crippen molar-refractivity contribution >= 4 is 16.9 Å². The van der Waals surface area contributed by atoms with Crippen LogP contribution in [0.4, 0.5) is 0 Å². The quantitative estimate of drug-likeness (QED) is 0.886. The van der Waals surface area contributed by atoms with Crippen LogP contribution in [0.3, 0.4) is 0 Å². The molecule has 2 rings (SSSR count). The fraction of sp³-hybridized carbons (Fsp3) is 0.308. The fourth-order valence-electron chi connectivity index (χ4n) is 1.96. The van der Waals surface area contributed by atoms with Crippen molar-refractivity contribution in [3.63, 3.8) is 0 Å². The fourth-order valence-corrected chi connectivity index (χ4v) is 1.96. The van der Waals surface area contributed by atoms with E-state index in [1.165, 1.54) is 0 Å². The number of rotatable bonds is 3. The van der Waals surface area contributed by atoms with Crippen molar-refractivity contribution < 1.29 is 19.1 Å². The Kier molecular flexibility index (Phi) is 2.79. The zero-order chi connectivity index (χ0) is 12.6. The maximum atomic E-state index is 11.0. The van der Waals surface area contributed by atoms with E-state index in [1.807, 2.05) is 13.0 Å². The molecule has 17 heavy (non-hydrogen) atoms. The van der Waals surface area contributed by atoms with Gasteiger partial charge in [0.25, 0.3) is 0 Å². The number of carboxylic acids is 1. The Morgan fingerprint density at radius 3 is 2.71 bits per heavy atom. The number of methoxy groups -OCH3 is 1. The van der Waals surface area contributed by atoms with E-state index in [2.05, 4.69) is 0 Å². The Hall–Kier alpha value is -1.97. The number of benzene rings is 1. The number of aromatic carboxylic acids is 1. The Bertz CT molecular complexity index is 581. The molecule has 0 unspecified atom stereocenters. The predicted molar refractivity (Wildman–Crippen MR) is 63.8 cm³/mol. The molecule has 0 radical (unpaired) electrons. The number of hydrogen-bond acceptors (Lipinski definition) is 3. The Morgan fingerprint density at radius 2 is 2.18 bits per heavy atom. The largest absolute Gasteiger partial charge is 0.496 e. The van der Waals surface area contributed by atoms with E-state index in [0.717, 1.165) is 23.1 Å². The summed E-state index contributed by atoms with van der Waals surface area (Å²) in [6.45, 7) is 3.78. The van der Waals surface area contributed by atoms with Gasteiger partial charge in [-0.25, -0.2) is 4.79 Å². The molecule has 0 aliphatic carbocycles. The van der Waals surface area contributed by atoms with Gasteiger partial charge in [-0.3, -0.25) is 0 Å². The average molecular weight is 234 g/mol. The molecule has 1 heterocycles. The van der Waals surface area contributed by atoms with Crippen LogP contribution in [-0.2, 0) is 6.42 Å². The van der Waals surface area contributed by atoms with Crippen molar-refractivity contribution in [1.82, 2.24) is 0 Å². The van der Waals surface area contributed by atoms with Gasteiger partial charge >= 0.3 is 5.97 Å². The second-order valence-electron chi connectivity index (χ2n) is 3.88. The van der Waals surface area contributed by atoms with E-state index in [-0.39, 0.29) is 5.76 Å². The van der Waals surface area contributed by atoms with Gasteiger partial charge in [-0.2, -0.15) is 0 Å². The summed E-state index contributed by atoms with van der Waals surface area (Å²) in [5, 5.41) is 9.83. The molecule has 90 valence electrons. The van der Waals surface area contributed by atoms with Crippen LogP contribution in [-0.4, -0.2) is 18.2 Å². The first-order valence-electron chi connectivity index (χ1n) is 5.41. The van der Waals surface area contributed by atoms with Crippen LogP contribution < -0.4 is 4.74 Å². The monoisotopic (exact) mass is 234 g/mol. The van der Waals surface area contributed by atoms with Gasteiger partial charge < -0.3 is 14.3 Å². The van der Waals surface area contributed by atoms with E-state index in [0.29, 0.717) is 11.1 Å². The maximum Gasteiger partial charge on any atom is 0.372 e. The summed E-state index contributed by atoms with van der Waals surface area (Å²) in [7, 11) is 1.59. The predicted octanol–water partition coefficient (Wildman–Crippen LogP) is 3.01. The Morgan fingerprint density at radius 1 is 1.47 bits per heavy atom. The number of hydrogen-bond donors (Lipinski definition) is 1. The van der Waals surface area contributed by atoms with Gasteiger partial charge in [0.2, 0.25) is 5.76 Å². The molecule has 1 aromatic carbocycles. The molecule has 1 N–H and O–H groups in total. The molecule has 0 atom stereocenters. The molecule has 0 aliphatic rings. The van der Waals surface area contributed by atoms with Crippen molar-refractivity contribution in [2.45, 2.75) is 20.3 Å². The topological polar surface area (TPSA) is 59.7 Å². The maximum absolute atomic E-state index is 11.0. The highest BCUT2D eigenvalue weighted by Gasteiger charge is 2.18. The molecule has 0 bridgehead atoms. The van der Waals surface area contributed by atoms with E-state index in [4.69, 9.17) is 14.3 Å². The minimum Gasteiger partial charge on any atom is -0.496 e. The summed E-state index contributed by atoms with van der Waals surface area (Å²) in [5.41, 5.74) is 2.25. The smallest absolute Gasteiger partial charge is 0.372 e. The van der Waals surface area contributed by atoms with E-state index < -0.39 is 5.97 Å². The van der Waals surface area contributed by atoms with Crippen LogP contribution in [0.15, 0.2) is 16.5 Å². The van der Waals surface area contributed by atoms with Crippen LogP contribution in [0.5, 0.6) is 5.75 Å². The number of carboxylic acid groups (broad SMARTS) is 1. The summed E-state index contributed by atoms with van der Waals surface area (Å²) in [6, 6.07) is 3.67. The second-order valence-corrected chi connectivity index (χ2v) is 3.88. The van der Waals surface area contributed by atoms with Crippen molar-refractivity contribution in [2.75, 3.05) is 7.11 Å². The standard InChI is InChI=1S/C13H14O4/c1-4-8-5-9-7(2)12(13(14)15)17-11(9)6-10(8)16-3/h5-6H,4H2,1-3H3,(H,14,15). The minimum absolute atomic E-state index is 0.00435. The minimum atomic E-state index is -1.05. The molecule has 0 fully saturated rings. The summed E-state index contributed by atoms with van der Waals surface area (Å²) < 4.78 is 10.6. The van der Waals surface area contributed by atoms with Gasteiger partial charge in [0, 0.05) is 17.0 Å². The third kappa shape index (κ3) is 1.75. The highest BCUT2D eigenvalue weighted by molar-refractivity contribution is 5.95. The molecular formula is C13H14O4. The van der Waals surface area contributed by atoms with Crippen LogP contribution in [0.25, 0.3) is 11.0 Å². The molecule has 0 aliphatic heterocycles. The van der Waals surface area contributed by atoms with Crippen LogP contribution >= 0.6 is 0 Å². The zero-order valence-corrected chi connectivity index (χ0v) is 10.0. The molecular weight excluding hydrogens is 220 g/mol. The molecule has 4 nitrogen and oxygen atoms in total. The number of carbonyl (C=O) groups is 1. The number of aryl methyl sites for hydroxylation is 2. The van der Waals surface area contributed by atoms with Crippen LogP contribution in [0, 0.1) is 6.92 Å². The molecule has 4 heteroatoms. The van der Waals surface area contributed by atoms with Crippen LogP contribution in [0.1, 0.15) is 28.6 Å². The first-order chi connectivity index (χ1) is 8.08. The number of furan rings is 1. The first-order valence-corrected chi connectivity index (χ1v) is 5.41. The third-order valence-electron chi connectivity index (χ3n) is 2.91. The lowest BCUT2D eigenvalue weighted by Crippen LogP contribution is -1.95. The lowest BCUT2D eigenvalue weighted by atomic mass is 10.1. The van der Waals surface area contributed by atoms with Crippen molar-refractivity contribution in [2.24, 2.45) is 0 Å². The van der Waals surface area contributed by atoms with Crippen LogP contribution in [0.2, 0.25) is 0 Å².